The van der Waals surface area contributed by atoms with Gasteiger partial charge in [-0.15, -0.1) is 0 Å². The van der Waals surface area contributed by atoms with Crippen LogP contribution in [0.25, 0.3) is 0 Å². The lowest BCUT2D eigenvalue weighted by atomic mass is 10.1. The predicted octanol–water partition coefficient (Wildman–Crippen LogP) is 4.68. The minimum Gasteiger partial charge on any atom is -0.482 e. The molecule has 0 bridgehead atoms. The average Bonchev–Trinajstić information content (AvgIpc) is 2.55. The molecule has 0 radical (unpaired) electrons. The summed E-state index contributed by atoms with van der Waals surface area (Å²) in [5.74, 6) is -2.33. The molecule has 1 atom stereocenters. The van der Waals surface area contributed by atoms with Gasteiger partial charge in [0.25, 0.3) is 5.91 Å². The number of carbonyl (C=O) groups excluding carboxylic acids is 1. The van der Waals surface area contributed by atoms with Crippen LogP contribution in [-0.2, 0) is 4.79 Å². The fourth-order valence-corrected chi connectivity index (χ4v) is 2.47. The molecule has 0 fully saturated rings. The van der Waals surface area contributed by atoms with E-state index in [1.54, 1.807) is 6.07 Å². The molecule has 0 aliphatic rings. The second-order valence-corrected chi connectivity index (χ2v) is 6.00. The van der Waals surface area contributed by atoms with Crippen LogP contribution in [0, 0.1) is 23.0 Å². The molecule has 2 aromatic rings. The number of ether oxygens (including phenoxy) is 1. The van der Waals surface area contributed by atoms with Gasteiger partial charge in [-0.2, -0.15) is 5.26 Å². The lowest BCUT2D eigenvalue weighted by Gasteiger charge is -2.14. The Bertz CT molecular complexity index is 856. The number of nitriles is 1. The van der Waals surface area contributed by atoms with Crippen molar-refractivity contribution in [3.63, 3.8) is 0 Å². The van der Waals surface area contributed by atoms with E-state index in [2.05, 4.69) is 5.32 Å². The molecule has 0 saturated carbocycles. The molecule has 0 spiro atoms. The first-order valence-electron chi connectivity index (χ1n) is 6.73. The van der Waals surface area contributed by atoms with Crippen LogP contribution in [0.4, 0.5) is 8.78 Å². The van der Waals surface area contributed by atoms with Crippen LogP contribution in [0.5, 0.6) is 5.75 Å². The number of carbonyl (C=O) groups is 1. The molecule has 130 valence electrons. The smallest absolute Gasteiger partial charge is 0.259 e. The first-order chi connectivity index (χ1) is 11.8. The van der Waals surface area contributed by atoms with Crippen LogP contribution in [-0.4, -0.2) is 12.5 Å². The molecule has 0 aromatic heterocycles. The number of amides is 1. The van der Waals surface area contributed by atoms with Crippen molar-refractivity contribution in [1.82, 2.24) is 5.32 Å². The second-order valence-electron chi connectivity index (χ2n) is 4.78. The number of nitrogens with zero attached hydrogens (tertiary/aromatic N) is 1. The van der Waals surface area contributed by atoms with Gasteiger partial charge in [0.05, 0.1) is 21.1 Å². The molecule has 0 saturated heterocycles. The number of nitrogens with one attached hydrogen (secondary N) is 1. The summed E-state index contributed by atoms with van der Waals surface area (Å²) < 4.78 is 31.8. The largest absolute Gasteiger partial charge is 0.482 e. The summed E-state index contributed by atoms with van der Waals surface area (Å²) >= 11 is 17.5. The summed E-state index contributed by atoms with van der Waals surface area (Å²) in [6.45, 7) is -0.501. The van der Waals surface area contributed by atoms with E-state index < -0.39 is 30.2 Å². The molecule has 0 heterocycles. The van der Waals surface area contributed by atoms with Gasteiger partial charge in [0.2, 0.25) is 0 Å². The van der Waals surface area contributed by atoms with Crippen LogP contribution in [0.2, 0.25) is 15.1 Å². The lowest BCUT2D eigenvalue weighted by molar-refractivity contribution is -0.123. The Morgan fingerprint density at radius 2 is 1.84 bits per heavy atom. The zero-order chi connectivity index (χ0) is 18.6. The summed E-state index contributed by atoms with van der Waals surface area (Å²) in [7, 11) is 0. The van der Waals surface area contributed by atoms with Crippen molar-refractivity contribution in [3.05, 3.63) is 62.6 Å². The van der Waals surface area contributed by atoms with Crippen molar-refractivity contribution in [2.45, 2.75) is 6.04 Å². The van der Waals surface area contributed by atoms with E-state index >= 15 is 0 Å². The van der Waals surface area contributed by atoms with Crippen LogP contribution < -0.4 is 10.1 Å². The minimum absolute atomic E-state index is 0.118. The average molecular weight is 406 g/mol. The van der Waals surface area contributed by atoms with Gasteiger partial charge < -0.3 is 10.1 Å². The predicted molar refractivity (Wildman–Crippen MR) is 89.8 cm³/mol. The third-order valence-corrected chi connectivity index (χ3v) is 4.06. The fraction of sp³-hybridized carbons (Fsp3) is 0.125. The van der Waals surface area contributed by atoms with Gasteiger partial charge in [0.15, 0.2) is 6.61 Å². The number of rotatable bonds is 5. The maximum atomic E-state index is 13.7. The summed E-state index contributed by atoms with van der Waals surface area (Å²) in [4.78, 5) is 11.9. The highest BCUT2D eigenvalue weighted by Crippen LogP contribution is 2.33. The molecule has 2 aromatic carbocycles. The molecule has 25 heavy (non-hydrogen) atoms. The van der Waals surface area contributed by atoms with E-state index in [1.807, 2.05) is 0 Å². The van der Waals surface area contributed by atoms with E-state index in [-0.39, 0.29) is 26.4 Å². The van der Waals surface area contributed by atoms with E-state index in [9.17, 15) is 13.6 Å². The first-order valence-corrected chi connectivity index (χ1v) is 7.86. The van der Waals surface area contributed by atoms with Gasteiger partial charge in [-0.25, -0.2) is 8.78 Å². The topological polar surface area (TPSA) is 62.1 Å². The SMILES string of the molecule is N#CC(NC(=O)COc1cc(Cl)c(Cl)cc1Cl)c1ccc(F)cc1F. The molecule has 1 unspecified atom stereocenters. The van der Waals surface area contributed by atoms with E-state index in [1.165, 1.54) is 12.1 Å². The highest BCUT2D eigenvalue weighted by atomic mass is 35.5. The molecular weight excluding hydrogens is 397 g/mol. The highest BCUT2D eigenvalue weighted by Gasteiger charge is 2.19. The minimum atomic E-state index is -1.30. The molecular formula is C16H9Cl3F2N2O2. The van der Waals surface area contributed by atoms with Crippen molar-refractivity contribution in [2.24, 2.45) is 0 Å². The van der Waals surface area contributed by atoms with Gasteiger partial charge in [-0.05, 0) is 12.1 Å². The molecule has 4 nitrogen and oxygen atoms in total. The zero-order valence-electron chi connectivity index (χ0n) is 12.3. The third-order valence-electron chi connectivity index (χ3n) is 3.04. The molecule has 9 heteroatoms. The van der Waals surface area contributed by atoms with Gasteiger partial charge in [0.1, 0.15) is 23.4 Å². The number of halogens is 5. The van der Waals surface area contributed by atoms with Crippen LogP contribution >= 0.6 is 34.8 Å². The van der Waals surface area contributed by atoms with Gasteiger partial charge in [0, 0.05) is 17.7 Å². The van der Waals surface area contributed by atoms with Crippen LogP contribution in [0.15, 0.2) is 30.3 Å². The maximum Gasteiger partial charge on any atom is 0.259 e. The molecule has 0 aliphatic heterocycles. The van der Waals surface area contributed by atoms with Gasteiger partial charge in [-0.3, -0.25) is 4.79 Å². The molecule has 1 N–H and O–H groups in total. The van der Waals surface area contributed by atoms with E-state index in [4.69, 9.17) is 44.8 Å². The molecule has 0 aliphatic carbocycles. The number of benzene rings is 2. The second kappa shape index (κ2) is 8.34. The first kappa shape index (κ1) is 19.3. The maximum absolute atomic E-state index is 13.7. The number of hydrogen-bond acceptors (Lipinski definition) is 3. The van der Waals surface area contributed by atoms with Crippen molar-refractivity contribution in [3.8, 4) is 11.8 Å². The summed E-state index contributed by atoms with van der Waals surface area (Å²) in [6, 6.07) is 5.79. The monoisotopic (exact) mass is 404 g/mol. The Balaban J connectivity index is 2.04. The Labute approximate surface area is 156 Å². The van der Waals surface area contributed by atoms with Crippen molar-refractivity contribution in [1.29, 1.82) is 5.26 Å². The van der Waals surface area contributed by atoms with Crippen molar-refractivity contribution >= 4 is 40.7 Å². The normalized spacial score (nSPS) is 11.5. The summed E-state index contributed by atoms with van der Waals surface area (Å²) in [5.41, 5.74) is -0.162. The Kier molecular flexibility index (Phi) is 6.43. The Morgan fingerprint density at radius 1 is 1.16 bits per heavy atom. The van der Waals surface area contributed by atoms with Crippen molar-refractivity contribution < 1.29 is 18.3 Å². The highest BCUT2D eigenvalue weighted by molar-refractivity contribution is 6.43. The van der Waals surface area contributed by atoms with Crippen LogP contribution in [0.3, 0.4) is 0 Å². The molecule has 1 amide bonds. The van der Waals surface area contributed by atoms with Gasteiger partial charge in [-0.1, -0.05) is 40.9 Å². The summed E-state index contributed by atoms with van der Waals surface area (Å²) in [5, 5.41) is 11.9. The zero-order valence-corrected chi connectivity index (χ0v) is 14.6. The van der Waals surface area contributed by atoms with E-state index in [0.717, 1.165) is 12.1 Å². The van der Waals surface area contributed by atoms with E-state index in [0.29, 0.717) is 6.07 Å². The van der Waals surface area contributed by atoms with Crippen molar-refractivity contribution in [2.75, 3.05) is 6.61 Å². The van der Waals surface area contributed by atoms with Crippen LogP contribution in [0.1, 0.15) is 11.6 Å². The fourth-order valence-electron chi connectivity index (χ4n) is 1.88. The molecule has 2 rings (SSSR count). The third kappa shape index (κ3) is 4.95. The quantitative estimate of drug-likeness (QED) is 0.734. The standard InChI is InChI=1S/C16H9Cl3F2N2O2/c17-10-4-12(19)15(5-11(10)18)25-7-16(24)23-14(6-22)9-2-1-8(20)3-13(9)21/h1-5,14H,7H2,(H,23,24). The lowest BCUT2D eigenvalue weighted by Crippen LogP contribution is -2.32. The number of hydrogen-bond donors (Lipinski definition) is 1. The Hall–Kier alpha value is -2.07. The Morgan fingerprint density at radius 3 is 2.48 bits per heavy atom. The summed E-state index contributed by atoms with van der Waals surface area (Å²) in [6.07, 6.45) is 0. The van der Waals surface area contributed by atoms with Gasteiger partial charge >= 0.3 is 0 Å².